The van der Waals surface area contributed by atoms with Crippen molar-refractivity contribution in [1.82, 2.24) is 0 Å². The van der Waals surface area contributed by atoms with Crippen LogP contribution in [0.4, 0.5) is 0 Å². The SMILES string of the molecule is OCCC#Cc1csc(COCc2ccc(Br)cc2)c1. The van der Waals surface area contributed by atoms with Crippen LogP contribution in [0, 0.1) is 11.8 Å². The topological polar surface area (TPSA) is 29.5 Å². The first-order valence-electron chi connectivity index (χ1n) is 6.27. The highest BCUT2D eigenvalue weighted by Gasteiger charge is 1.99. The molecular weight excluding hydrogens is 336 g/mol. The summed E-state index contributed by atoms with van der Waals surface area (Å²) >= 11 is 5.06. The molecule has 0 bridgehead atoms. The minimum absolute atomic E-state index is 0.111. The van der Waals surface area contributed by atoms with E-state index in [-0.39, 0.29) is 6.61 Å². The van der Waals surface area contributed by atoms with Gasteiger partial charge in [0.05, 0.1) is 19.8 Å². The number of thiophene rings is 1. The van der Waals surface area contributed by atoms with Gasteiger partial charge in [-0.15, -0.1) is 11.3 Å². The lowest BCUT2D eigenvalue weighted by atomic mass is 10.2. The Labute approximate surface area is 131 Å². The van der Waals surface area contributed by atoms with Gasteiger partial charge in [-0.05, 0) is 23.8 Å². The Hall–Kier alpha value is -1.12. The maximum Gasteiger partial charge on any atom is 0.0814 e. The average molecular weight is 351 g/mol. The van der Waals surface area contributed by atoms with Gasteiger partial charge in [0.1, 0.15) is 0 Å². The number of benzene rings is 1. The first-order chi connectivity index (χ1) is 9.78. The fourth-order valence-electron chi connectivity index (χ4n) is 1.59. The number of aliphatic hydroxyl groups is 1. The van der Waals surface area contributed by atoms with Crippen LogP contribution in [0.25, 0.3) is 0 Å². The van der Waals surface area contributed by atoms with Gasteiger partial charge in [0, 0.05) is 26.7 Å². The van der Waals surface area contributed by atoms with Gasteiger partial charge in [-0.3, -0.25) is 0 Å². The quantitative estimate of drug-likeness (QED) is 0.827. The van der Waals surface area contributed by atoms with Crippen molar-refractivity contribution in [2.24, 2.45) is 0 Å². The third kappa shape index (κ3) is 5.10. The predicted molar refractivity (Wildman–Crippen MR) is 85.5 cm³/mol. The van der Waals surface area contributed by atoms with Crippen LogP contribution < -0.4 is 0 Å². The Balaban J connectivity index is 1.80. The lowest BCUT2D eigenvalue weighted by molar-refractivity contribution is 0.109. The van der Waals surface area contributed by atoms with Crippen molar-refractivity contribution >= 4 is 27.3 Å². The fraction of sp³-hybridized carbons (Fsp3) is 0.250. The van der Waals surface area contributed by atoms with E-state index < -0.39 is 0 Å². The van der Waals surface area contributed by atoms with Gasteiger partial charge in [0.2, 0.25) is 0 Å². The molecule has 4 heteroatoms. The van der Waals surface area contributed by atoms with Gasteiger partial charge in [0.15, 0.2) is 0 Å². The number of halogens is 1. The molecule has 0 aliphatic carbocycles. The number of rotatable bonds is 5. The van der Waals surface area contributed by atoms with E-state index in [1.807, 2.05) is 35.7 Å². The molecule has 0 radical (unpaired) electrons. The molecule has 0 fully saturated rings. The van der Waals surface area contributed by atoms with E-state index in [4.69, 9.17) is 9.84 Å². The summed E-state index contributed by atoms with van der Waals surface area (Å²) in [6.07, 6.45) is 0.519. The normalized spacial score (nSPS) is 10.1. The van der Waals surface area contributed by atoms with Gasteiger partial charge in [-0.25, -0.2) is 0 Å². The minimum Gasteiger partial charge on any atom is -0.395 e. The maximum atomic E-state index is 8.67. The summed E-state index contributed by atoms with van der Waals surface area (Å²) in [5.74, 6) is 5.93. The highest BCUT2D eigenvalue weighted by molar-refractivity contribution is 9.10. The Kier molecular flexibility index (Phi) is 6.28. The first-order valence-corrected chi connectivity index (χ1v) is 7.94. The highest BCUT2D eigenvalue weighted by Crippen LogP contribution is 2.16. The summed E-state index contributed by atoms with van der Waals surface area (Å²) in [5, 5.41) is 10.7. The lowest BCUT2D eigenvalue weighted by Gasteiger charge is -2.02. The van der Waals surface area contributed by atoms with E-state index in [2.05, 4.69) is 27.8 Å². The summed E-state index contributed by atoms with van der Waals surface area (Å²) in [6, 6.07) is 10.2. The number of ether oxygens (including phenoxy) is 1. The van der Waals surface area contributed by atoms with Crippen LogP contribution >= 0.6 is 27.3 Å². The second-order valence-electron chi connectivity index (χ2n) is 4.20. The van der Waals surface area contributed by atoms with Crippen LogP contribution in [0.3, 0.4) is 0 Å². The van der Waals surface area contributed by atoms with Gasteiger partial charge in [-0.1, -0.05) is 39.9 Å². The molecule has 104 valence electrons. The average Bonchev–Trinajstić information content (AvgIpc) is 2.89. The van der Waals surface area contributed by atoms with Crippen LogP contribution in [0.2, 0.25) is 0 Å². The first kappa shape index (κ1) is 15.3. The van der Waals surface area contributed by atoms with Crippen LogP contribution in [-0.2, 0) is 18.0 Å². The molecule has 1 aromatic carbocycles. The molecular formula is C16H15BrO2S. The summed E-state index contributed by atoms with van der Waals surface area (Å²) in [7, 11) is 0. The summed E-state index contributed by atoms with van der Waals surface area (Å²) in [4.78, 5) is 1.16. The molecule has 0 saturated heterocycles. The molecule has 2 aromatic rings. The standard InChI is InChI=1S/C16H15BrO2S/c17-15-6-4-13(5-7-15)10-19-11-16-9-14(12-20-16)3-1-2-8-18/h4-7,9,12,18H,2,8,10-11H2. The molecule has 2 nitrogen and oxygen atoms in total. The zero-order valence-corrected chi connectivity index (χ0v) is 13.3. The monoisotopic (exact) mass is 350 g/mol. The molecule has 0 amide bonds. The molecule has 1 N–H and O–H groups in total. The molecule has 0 spiro atoms. The molecule has 0 unspecified atom stereocenters. The van der Waals surface area contributed by atoms with E-state index in [0.717, 1.165) is 20.5 Å². The third-order valence-electron chi connectivity index (χ3n) is 2.55. The summed E-state index contributed by atoms with van der Waals surface area (Å²) in [5.41, 5.74) is 2.15. The Morgan fingerprint density at radius 3 is 2.75 bits per heavy atom. The lowest BCUT2D eigenvalue weighted by Crippen LogP contribution is -1.92. The Bertz CT molecular complexity index is 593. The van der Waals surface area contributed by atoms with Crippen LogP contribution in [0.1, 0.15) is 22.4 Å². The van der Waals surface area contributed by atoms with Crippen molar-refractivity contribution in [3.8, 4) is 11.8 Å². The smallest absolute Gasteiger partial charge is 0.0814 e. The Morgan fingerprint density at radius 1 is 1.20 bits per heavy atom. The molecule has 2 rings (SSSR count). The van der Waals surface area contributed by atoms with Gasteiger partial charge < -0.3 is 9.84 Å². The largest absolute Gasteiger partial charge is 0.395 e. The van der Waals surface area contributed by atoms with Crippen molar-refractivity contribution in [2.45, 2.75) is 19.6 Å². The van der Waals surface area contributed by atoms with E-state index in [1.165, 1.54) is 0 Å². The van der Waals surface area contributed by atoms with Gasteiger partial charge in [-0.2, -0.15) is 0 Å². The molecule has 0 saturated carbocycles. The van der Waals surface area contributed by atoms with E-state index >= 15 is 0 Å². The zero-order chi connectivity index (χ0) is 14.2. The van der Waals surface area contributed by atoms with Gasteiger partial charge in [0.25, 0.3) is 0 Å². The van der Waals surface area contributed by atoms with E-state index in [9.17, 15) is 0 Å². The number of aliphatic hydroxyl groups excluding tert-OH is 1. The zero-order valence-electron chi connectivity index (χ0n) is 10.9. The number of hydrogen-bond donors (Lipinski definition) is 1. The molecule has 1 heterocycles. The van der Waals surface area contributed by atoms with Gasteiger partial charge >= 0.3 is 0 Å². The molecule has 20 heavy (non-hydrogen) atoms. The van der Waals surface area contributed by atoms with Crippen molar-refractivity contribution in [2.75, 3.05) is 6.61 Å². The number of hydrogen-bond acceptors (Lipinski definition) is 3. The van der Waals surface area contributed by atoms with Crippen LogP contribution in [0.15, 0.2) is 40.2 Å². The van der Waals surface area contributed by atoms with E-state index in [0.29, 0.717) is 19.6 Å². The maximum absolute atomic E-state index is 8.67. The second kappa shape index (κ2) is 8.23. The molecule has 0 aliphatic rings. The third-order valence-corrected chi connectivity index (χ3v) is 3.99. The minimum atomic E-state index is 0.111. The van der Waals surface area contributed by atoms with Crippen molar-refractivity contribution < 1.29 is 9.84 Å². The van der Waals surface area contributed by atoms with Crippen molar-refractivity contribution in [1.29, 1.82) is 0 Å². The summed E-state index contributed by atoms with van der Waals surface area (Å²) < 4.78 is 6.77. The fourth-order valence-corrected chi connectivity index (χ4v) is 2.61. The molecule has 1 aromatic heterocycles. The highest BCUT2D eigenvalue weighted by atomic mass is 79.9. The second-order valence-corrected chi connectivity index (χ2v) is 6.11. The molecule has 0 atom stereocenters. The molecule has 0 aliphatic heterocycles. The van der Waals surface area contributed by atoms with Crippen LogP contribution in [-0.4, -0.2) is 11.7 Å². The Morgan fingerprint density at radius 2 is 2.00 bits per heavy atom. The van der Waals surface area contributed by atoms with Crippen molar-refractivity contribution in [3.05, 3.63) is 56.2 Å². The summed E-state index contributed by atoms with van der Waals surface area (Å²) in [6.45, 7) is 1.32. The van der Waals surface area contributed by atoms with E-state index in [1.54, 1.807) is 11.3 Å². The predicted octanol–water partition coefficient (Wildman–Crippen LogP) is 3.96. The van der Waals surface area contributed by atoms with Crippen molar-refractivity contribution in [3.63, 3.8) is 0 Å². The van der Waals surface area contributed by atoms with Crippen LogP contribution in [0.5, 0.6) is 0 Å².